The van der Waals surface area contributed by atoms with Crippen LogP contribution in [-0.2, 0) is 22.6 Å². The lowest BCUT2D eigenvalue weighted by molar-refractivity contribution is -0.200. The highest BCUT2D eigenvalue weighted by atomic mass is 16.5. The SMILES string of the molecule is COc1ncccc1CN1CC2(CC(OCc3ccccn3)CCO2)C1. The molecule has 2 fully saturated rings. The maximum absolute atomic E-state index is 6.12. The molecule has 2 aliphatic heterocycles. The molecule has 2 aromatic rings. The highest BCUT2D eigenvalue weighted by molar-refractivity contribution is 5.25. The van der Waals surface area contributed by atoms with Gasteiger partial charge in [-0.05, 0) is 24.6 Å². The molecule has 0 amide bonds. The van der Waals surface area contributed by atoms with Gasteiger partial charge in [0.15, 0.2) is 0 Å². The van der Waals surface area contributed by atoms with E-state index in [0.29, 0.717) is 12.5 Å². The molecule has 2 saturated heterocycles. The van der Waals surface area contributed by atoms with Crippen LogP contribution in [-0.4, -0.2) is 53.4 Å². The molecule has 4 rings (SSSR count). The molecule has 6 heteroatoms. The molecule has 0 aliphatic carbocycles. The van der Waals surface area contributed by atoms with Gasteiger partial charge in [-0.2, -0.15) is 0 Å². The van der Waals surface area contributed by atoms with Crippen molar-refractivity contribution in [1.82, 2.24) is 14.9 Å². The molecule has 0 bridgehead atoms. The molecular weight excluding hydrogens is 330 g/mol. The Kier molecular flexibility index (Phi) is 5.15. The van der Waals surface area contributed by atoms with E-state index >= 15 is 0 Å². The molecule has 1 spiro atoms. The third-order valence-corrected chi connectivity index (χ3v) is 5.10. The number of hydrogen-bond acceptors (Lipinski definition) is 6. The second-order valence-corrected chi connectivity index (χ2v) is 7.10. The Bertz CT molecular complexity index is 719. The minimum atomic E-state index is -0.0670. The molecule has 1 unspecified atom stereocenters. The summed E-state index contributed by atoms with van der Waals surface area (Å²) in [6.07, 6.45) is 5.70. The Labute approximate surface area is 154 Å². The van der Waals surface area contributed by atoms with Gasteiger partial charge in [-0.3, -0.25) is 9.88 Å². The first-order valence-electron chi connectivity index (χ1n) is 9.12. The summed E-state index contributed by atoms with van der Waals surface area (Å²) in [5.74, 6) is 0.703. The number of rotatable bonds is 6. The molecule has 0 aromatic carbocycles. The molecule has 138 valence electrons. The van der Waals surface area contributed by atoms with E-state index in [0.717, 1.165) is 50.3 Å². The van der Waals surface area contributed by atoms with Crippen LogP contribution in [0.1, 0.15) is 24.1 Å². The van der Waals surface area contributed by atoms with Crippen molar-refractivity contribution in [3.8, 4) is 5.88 Å². The highest BCUT2D eigenvalue weighted by Crippen LogP contribution is 2.36. The van der Waals surface area contributed by atoms with Gasteiger partial charge in [0.25, 0.3) is 0 Å². The van der Waals surface area contributed by atoms with Crippen LogP contribution < -0.4 is 4.74 Å². The van der Waals surface area contributed by atoms with E-state index < -0.39 is 0 Å². The van der Waals surface area contributed by atoms with Gasteiger partial charge < -0.3 is 14.2 Å². The number of hydrogen-bond donors (Lipinski definition) is 0. The van der Waals surface area contributed by atoms with Crippen LogP contribution in [0.5, 0.6) is 5.88 Å². The molecule has 2 aromatic heterocycles. The Morgan fingerprint density at radius 1 is 1.19 bits per heavy atom. The fraction of sp³-hybridized carbons (Fsp3) is 0.500. The topological polar surface area (TPSA) is 56.7 Å². The third kappa shape index (κ3) is 3.87. The maximum atomic E-state index is 6.12. The van der Waals surface area contributed by atoms with Gasteiger partial charge >= 0.3 is 0 Å². The summed E-state index contributed by atoms with van der Waals surface area (Å²) in [5.41, 5.74) is 2.03. The molecule has 0 saturated carbocycles. The first-order chi connectivity index (χ1) is 12.8. The number of ether oxygens (including phenoxy) is 3. The summed E-state index contributed by atoms with van der Waals surface area (Å²) in [7, 11) is 1.66. The van der Waals surface area contributed by atoms with Gasteiger partial charge in [-0.1, -0.05) is 12.1 Å². The quantitative estimate of drug-likeness (QED) is 0.793. The van der Waals surface area contributed by atoms with Gasteiger partial charge in [0, 0.05) is 50.6 Å². The predicted molar refractivity (Wildman–Crippen MR) is 96.8 cm³/mol. The fourth-order valence-electron chi connectivity index (χ4n) is 3.88. The van der Waals surface area contributed by atoms with E-state index in [1.54, 1.807) is 19.5 Å². The van der Waals surface area contributed by atoms with Gasteiger partial charge in [0.2, 0.25) is 5.88 Å². The lowest BCUT2D eigenvalue weighted by Crippen LogP contribution is -2.65. The van der Waals surface area contributed by atoms with E-state index in [1.165, 1.54) is 0 Å². The van der Waals surface area contributed by atoms with Crippen molar-refractivity contribution in [2.75, 3.05) is 26.8 Å². The van der Waals surface area contributed by atoms with Crippen LogP contribution >= 0.6 is 0 Å². The molecule has 0 radical (unpaired) electrons. The van der Waals surface area contributed by atoms with Crippen LogP contribution in [0.4, 0.5) is 0 Å². The van der Waals surface area contributed by atoms with Gasteiger partial charge in [0.1, 0.15) is 0 Å². The fourth-order valence-corrected chi connectivity index (χ4v) is 3.88. The van der Waals surface area contributed by atoms with E-state index in [2.05, 4.69) is 20.9 Å². The van der Waals surface area contributed by atoms with Crippen LogP contribution in [0.15, 0.2) is 42.7 Å². The molecule has 0 N–H and O–H groups in total. The van der Waals surface area contributed by atoms with Crippen LogP contribution in [0.2, 0.25) is 0 Å². The van der Waals surface area contributed by atoms with Crippen molar-refractivity contribution in [3.63, 3.8) is 0 Å². The summed E-state index contributed by atoms with van der Waals surface area (Å²) < 4.78 is 17.6. The number of methoxy groups -OCH3 is 1. The zero-order valence-electron chi connectivity index (χ0n) is 15.1. The van der Waals surface area contributed by atoms with Crippen molar-refractivity contribution in [2.24, 2.45) is 0 Å². The van der Waals surface area contributed by atoms with Crippen LogP contribution in [0, 0.1) is 0 Å². The zero-order valence-corrected chi connectivity index (χ0v) is 15.1. The molecule has 6 nitrogen and oxygen atoms in total. The zero-order chi connectivity index (χ0) is 17.8. The monoisotopic (exact) mass is 355 g/mol. The average molecular weight is 355 g/mol. The van der Waals surface area contributed by atoms with Crippen molar-refractivity contribution >= 4 is 0 Å². The van der Waals surface area contributed by atoms with Gasteiger partial charge in [-0.15, -0.1) is 0 Å². The van der Waals surface area contributed by atoms with Crippen LogP contribution in [0.25, 0.3) is 0 Å². The molecule has 26 heavy (non-hydrogen) atoms. The average Bonchev–Trinajstić information content (AvgIpc) is 2.67. The number of likely N-dealkylation sites (tertiary alicyclic amines) is 1. The number of aromatic nitrogens is 2. The number of pyridine rings is 2. The predicted octanol–water partition coefficient (Wildman–Crippen LogP) is 2.44. The van der Waals surface area contributed by atoms with Crippen molar-refractivity contribution < 1.29 is 14.2 Å². The Hall–Kier alpha value is -2.02. The van der Waals surface area contributed by atoms with Crippen molar-refractivity contribution in [2.45, 2.75) is 37.7 Å². The first-order valence-corrected chi connectivity index (χ1v) is 9.12. The highest BCUT2D eigenvalue weighted by Gasteiger charge is 2.47. The van der Waals surface area contributed by atoms with E-state index in [9.17, 15) is 0 Å². The lowest BCUT2D eigenvalue weighted by Gasteiger charge is -2.53. The number of nitrogens with zero attached hydrogens (tertiary/aromatic N) is 3. The Balaban J connectivity index is 1.29. The van der Waals surface area contributed by atoms with Crippen LogP contribution in [0.3, 0.4) is 0 Å². The Morgan fingerprint density at radius 3 is 2.88 bits per heavy atom. The minimum absolute atomic E-state index is 0.0670. The van der Waals surface area contributed by atoms with Crippen molar-refractivity contribution in [1.29, 1.82) is 0 Å². The van der Waals surface area contributed by atoms with Gasteiger partial charge in [0.05, 0.1) is 31.1 Å². The van der Waals surface area contributed by atoms with E-state index in [4.69, 9.17) is 14.2 Å². The second-order valence-electron chi connectivity index (χ2n) is 7.10. The minimum Gasteiger partial charge on any atom is -0.481 e. The third-order valence-electron chi connectivity index (χ3n) is 5.10. The Morgan fingerprint density at radius 2 is 2.08 bits per heavy atom. The maximum Gasteiger partial charge on any atom is 0.217 e. The first kappa shape index (κ1) is 17.4. The van der Waals surface area contributed by atoms with E-state index in [-0.39, 0.29) is 11.7 Å². The summed E-state index contributed by atoms with van der Waals surface area (Å²) in [6.45, 7) is 4.01. The summed E-state index contributed by atoms with van der Waals surface area (Å²) >= 11 is 0. The normalized spacial score (nSPS) is 22.1. The molecule has 1 atom stereocenters. The summed E-state index contributed by atoms with van der Waals surface area (Å²) in [5, 5.41) is 0. The second kappa shape index (κ2) is 7.70. The largest absolute Gasteiger partial charge is 0.481 e. The van der Waals surface area contributed by atoms with Crippen molar-refractivity contribution in [3.05, 3.63) is 54.0 Å². The smallest absolute Gasteiger partial charge is 0.217 e. The van der Waals surface area contributed by atoms with Gasteiger partial charge in [-0.25, -0.2) is 4.98 Å². The molecular formula is C20H25N3O3. The standard InChI is InChI=1S/C20H25N3O3/c1-24-19-16(5-4-9-22-19)12-23-14-20(15-23)11-18(7-10-26-20)25-13-17-6-2-3-8-21-17/h2-6,8-9,18H,7,10-15H2,1H3. The molecule has 2 aliphatic rings. The summed E-state index contributed by atoms with van der Waals surface area (Å²) in [4.78, 5) is 11.0. The lowest BCUT2D eigenvalue weighted by atomic mass is 9.84. The molecule has 4 heterocycles. The van der Waals surface area contributed by atoms with E-state index in [1.807, 2.05) is 24.3 Å². The summed E-state index contributed by atoms with van der Waals surface area (Å²) in [6, 6.07) is 9.94.